The van der Waals surface area contributed by atoms with Gasteiger partial charge in [0, 0.05) is 19.7 Å². The van der Waals surface area contributed by atoms with Gasteiger partial charge in [-0.25, -0.2) is 9.97 Å². The molecule has 0 saturated carbocycles. The van der Waals surface area contributed by atoms with E-state index < -0.39 is 0 Å². The fraction of sp³-hybridized carbons (Fsp3) is 0.235. The summed E-state index contributed by atoms with van der Waals surface area (Å²) in [6.45, 7) is 6.11. The number of hydrogen-bond donors (Lipinski definition) is 1. The Hall–Kier alpha value is -2.89. The molecule has 1 heterocycles. The molecule has 0 radical (unpaired) electrons. The Bertz CT molecular complexity index is 741. The molecule has 2 aromatic rings. The largest absolute Gasteiger partial charge is 0.489 e. The van der Waals surface area contributed by atoms with Gasteiger partial charge in [-0.2, -0.15) is 0 Å². The van der Waals surface area contributed by atoms with Crippen LogP contribution in [0.1, 0.15) is 17.4 Å². The smallest absolute Gasteiger partial charge is 0.272 e. The summed E-state index contributed by atoms with van der Waals surface area (Å²) in [4.78, 5) is 21.8. The van der Waals surface area contributed by atoms with Crippen LogP contribution in [0.25, 0.3) is 11.3 Å². The van der Waals surface area contributed by atoms with E-state index in [1.165, 1.54) is 4.90 Å². The molecule has 2 N–H and O–H groups in total. The summed E-state index contributed by atoms with van der Waals surface area (Å²) in [6, 6.07) is 9.05. The minimum absolute atomic E-state index is 0.0439. The summed E-state index contributed by atoms with van der Waals surface area (Å²) in [7, 11) is 3.31. The first-order valence-corrected chi connectivity index (χ1v) is 7.11. The Morgan fingerprint density at radius 2 is 2.00 bits per heavy atom. The van der Waals surface area contributed by atoms with E-state index in [2.05, 4.69) is 16.5 Å². The van der Waals surface area contributed by atoms with Crippen molar-refractivity contribution in [2.45, 2.75) is 6.92 Å². The summed E-state index contributed by atoms with van der Waals surface area (Å²) in [6.07, 6.45) is 0. The van der Waals surface area contributed by atoms with Crippen LogP contribution < -0.4 is 10.5 Å². The predicted octanol–water partition coefficient (Wildman–Crippen LogP) is 2.38. The second-order valence-electron chi connectivity index (χ2n) is 5.44. The van der Waals surface area contributed by atoms with Crippen LogP contribution in [0.3, 0.4) is 0 Å². The molecule has 6 heteroatoms. The van der Waals surface area contributed by atoms with Gasteiger partial charge in [0.25, 0.3) is 5.91 Å². The molecule has 0 bridgehead atoms. The van der Waals surface area contributed by atoms with Crippen LogP contribution >= 0.6 is 0 Å². The normalized spacial score (nSPS) is 10.2. The van der Waals surface area contributed by atoms with Crippen molar-refractivity contribution in [2.75, 3.05) is 26.4 Å². The van der Waals surface area contributed by atoms with Crippen molar-refractivity contribution in [3.05, 3.63) is 48.2 Å². The minimum Gasteiger partial charge on any atom is -0.489 e. The van der Waals surface area contributed by atoms with E-state index in [-0.39, 0.29) is 17.5 Å². The molecular formula is C17H20N4O2. The van der Waals surface area contributed by atoms with Crippen molar-refractivity contribution in [3.8, 4) is 17.0 Å². The minimum atomic E-state index is -0.235. The number of para-hydroxylation sites is 1. The second-order valence-corrected chi connectivity index (χ2v) is 5.44. The first-order chi connectivity index (χ1) is 10.9. The van der Waals surface area contributed by atoms with Gasteiger partial charge in [-0.05, 0) is 30.7 Å². The van der Waals surface area contributed by atoms with E-state index in [1.54, 1.807) is 20.2 Å². The number of benzene rings is 1. The Morgan fingerprint density at radius 3 is 2.65 bits per heavy atom. The first kappa shape index (κ1) is 16.5. The number of hydrogen-bond acceptors (Lipinski definition) is 5. The van der Waals surface area contributed by atoms with Crippen molar-refractivity contribution in [1.29, 1.82) is 0 Å². The lowest BCUT2D eigenvalue weighted by atomic mass is 10.1. The third kappa shape index (κ3) is 4.06. The fourth-order valence-electron chi connectivity index (χ4n) is 1.95. The molecule has 23 heavy (non-hydrogen) atoms. The van der Waals surface area contributed by atoms with Gasteiger partial charge in [0.2, 0.25) is 5.95 Å². The van der Waals surface area contributed by atoms with E-state index in [9.17, 15) is 4.79 Å². The molecule has 1 amide bonds. The van der Waals surface area contributed by atoms with Gasteiger partial charge in [-0.15, -0.1) is 0 Å². The van der Waals surface area contributed by atoms with Crippen LogP contribution in [0, 0.1) is 0 Å². The Labute approximate surface area is 135 Å². The van der Waals surface area contributed by atoms with Crippen LogP contribution in [0.5, 0.6) is 5.75 Å². The number of nitrogens with two attached hydrogens (primary N) is 1. The number of anilines is 1. The third-order valence-corrected chi connectivity index (χ3v) is 3.01. The lowest BCUT2D eigenvalue weighted by Gasteiger charge is -2.13. The topological polar surface area (TPSA) is 81.3 Å². The summed E-state index contributed by atoms with van der Waals surface area (Å²) < 4.78 is 5.74. The maximum atomic E-state index is 12.1. The van der Waals surface area contributed by atoms with E-state index in [0.29, 0.717) is 18.1 Å². The average Bonchev–Trinajstić information content (AvgIpc) is 2.51. The number of carbonyl (C=O) groups excluding carboxylic acids is 1. The molecule has 0 saturated heterocycles. The maximum absolute atomic E-state index is 12.1. The summed E-state index contributed by atoms with van der Waals surface area (Å²) in [5.41, 5.74) is 8.20. The zero-order valence-corrected chi connectivity index (χ0v) is 13.5. The van der Waals surface area contributed by atoms with Gasteiger partial charge < -0.3 is 15.4 Å². The summed E-state index contributed by atoms with van der Waals surface area (Å²) >= 11 is 0. The molecule has 0 aliphatic rings. The molecule has 0 unspecified atom stereocenters. The average molecular weight is 312 g/mol. The molecule has 0 fully saturated rings. The molecule has 0 aliphatic heterocycles. The fourth-order valence-corrected chi connectivity index (χ4v) is 1.95. The lowest BCUT2D eigenvalue weighted by molar-refractivity contribution is 0.0822. The lowest BCUT2D eigenvalue weighted by Crippen LogP contribution is -2.23. The Kier molecular flexibility index (Phi) is 4.95. The molecule has 0 atom stereocenters. The van der Waals surface area contributed by atoms with Crippen LogP contribution in [0.4, 0.5) is 5.95 Å². The van der Waals surface area contributed by atoms with Crippen molar-refractivity contribution in [3.63, 3.8) is 0 Å². The van der Waals surface area contributed by atoms with Crippen molar-refractivity contribution in [2.24, 2.45) is 0 Å². The van der Waals surface area contributed by atoms with E-state index in [0.717, 1.165) is 11.1 Å². The summed E-state index contributed by atoms with van der Waals surface area (Å²) in [5.74, 6) is 0.458. The van der Waals surface area contributed by atoms with Gasteiger partial charge >= 0.3 is 0 Å². The number of ether oxygens (including phenoxy) is 1. The molecular weight excluding hydrogens is 292 g/mol. The molecule has 0 spiro atoms. The van der Waals surface area contributed by atoms with Crippen molar-refractivity contribution >= 4 is 11.9 Å². The molecule has 120 valence electrons. The SMILES string of the molecule is C=C(C)COc1ccccc1-c1cc(C(=O)N(C)C)nc(N)n1. The highest BCUT2D eigenvalue weighted by Gasteiger charge is 2.15. The second kappa shape index (κ2) is 6.91. The quantitative estimate of drug-likeness (QED) is 0.857. The van der Waals surface area contributed by atoms with Crippen LogP contribution in [-0.4, -0.2) is 41.5 Å². The van der Waals surface area contributed by atoms with Gasteiger partial charge in [0.15, 0.2) is 0 Å². The van der Waals surface area contributed by atoms with Gasteiger partial charge in [0.1, 0.15) is 18.1 Å². The highest BCUT2D eigenvalue weighted by atomic mass is 16.5. The molecule has 1 aromatic carbocycles. The van der Waals surface area contributed by atoms with Gasteiger partial charge in [-0.3, -0.25) is 4.79 Å². The maximum Gasteiger partial charge on any atom is 0.272 e. The van der Waals surface area contributed by atoms with E-state index in [4.69, 9.17) is 10.5 Å². The Morgan fingerprint density at radius 1 is 1.30 bits per heavy atom. The number of rotatable bonds is 5. The van der Waals surface area contributed by atoms with Gasteiger partial charge in [-0.1, -0.05) is 18.7 Å². The van der Waals surface area contributed by atoms with E-state index >= 15 is 0 Å². The third-order valence-electron chi connectivity index (χ3n) is 3.01. The van der Waals surface area contributed by atoms with Crippen LogP contribution in [0.2, 0.25) is 0 Å². The number of amides is 1. The number of nitrogens with zero attached hydrogens (tertiary/aromatic N) is 3. The number of aromatic nitrogens is 2. The first-order valence-electron chi connectivity index (χ1n) is 7.11. The van der Waals surface area contributed by atoms with Crippen molar-refractivity contribution < 1.29 is 9.53 Å². The predicted molar refractivity (Wildman–Crippen MR) is 90.2 cm³/mol. The van der Waals surface area contributed by atoms with Gasteiger partial charge in [0.05, 0.1) is 5.69 Å². The molecule has 2 rings (SSSR count). The highest BCUT2D eigenvalue weighted by molar-refractivity contribution is 5.93. The molecule has 6 nitrogen and oxygen atoms in total. The van der Waals surface area contributed by atoms with Crippen LogP contribution in [0.15, 0.2) is 42.5 Å². The van der Waals surface area contributed by atoms with Crippen LogP contribution in [-0.2, 0) is 0 Å². The zero-order valence-electron chi connectivity index (χ0n) is 13.5. The summed E-state index contributed by atoms with van der Waals surface area (Å²) in [5, 5.41) is 0. The van der Waals surface area contributed by atoms with Crippen molar-refractivity contribution in [1.82, 2.24) is 14.9 Å². The highest BCUT2D eigenvalue weighted by Crippen LogP contribution is 2.29. The zero-order chi connectivity index (χ0) is 17.0. The monoisotopic (exact) mass is 312 g/mol. The standard InChI is InChI=1S/C17H20N4O2/c1-11(2)10-23-15-8-6-5-7-12(15)13-9-14(16(22)21(3)4)20-17(18)19-13/h5-9H,1,10H2,2-4H3,(H2,18,19,20). The number of nitrogen functional groups attached to an aromatic ring is 1. The molecule has 0 aliphatic carbocycles. The van der Waals surface area contributed by atoms with E-state index in [1.807, 2.05) is 31.2 Å². The number of carbonyl (C=O) groups is 1. The molecule has 1 aromatic heterocycles. The Balaban J connectivity index is 2.46.